The van der Waals surface area contributed by atoms with Gasteiger partial charge in [0.1, 0.15) is 0 Å². The number of thioether (sulfide) groups is 1. The number of carbonyl (C=O) groups excluding carboxylic acids is 2. The number of nitrogens with one attached hydrogen (secondary N) is 1. The zero-order valence-corrected chi connectivity index (χ0v) is 20.3. The molecule has 4 rings (SSSR count). The van der Waals surface area contributed by atoms with Gasteiger partial charge >= 0.3 is 0 Å². The minimum atomic E-state index is 0.00112. The van der Waals surface area contributed by atoms with Gasteiger partial charge in [0.2, 0.25) is 11.8 Å². The molecule has 0 radical (unpaired) electrons. The number of hydrogen-bond acceptors (Lipinski definition) is 5. The first-order valence-electron chi connectivity index (χ1n) is 11.8. The van der Waals surface area contributed by atoms with Gasteiger partial charge in [-0.3, -0.25) is 19.4 Å². The van der Waals surface area contributed by atoms with Crippen LogP contribution in [0.25, 0.3) is 0 Å². The van der Waals surface area contributed by atoms with Gasteiger partial charge in [-0.2, -0.15) is 11.8 Å². The van der Waals surface area contributed by atoms with E-state index in [4.69, 9.17) is 0 Å². The lowest BCUT2D eigenvalue weighted by Gasteiger charge is -2.34. The van der Waals surface area contributed by atoms with Crippen molar-refractivity contribution in [1.82, 2.24) is 14.7 Å². The third-order valence-electron chi connectivity index (χ3n) is 6.42. The number of hydrogen-bond donors (Lipinski definition) is 1. The van der Waals surface area contributed by atoms with E-state index in [1.54, 1.807) is 0 Å². The molecule has 2 aromatic rings. The number of aryl methyl sites for hydroxylation is 1. The fourth-order valence-corrected chi connectivity index (χ4v) is 5.39. The first kappa shape index (κ1) is 23.8. The average molecular weight is 467 g/mol. The topological polar surface area (TPSA) is 55.9 Å². The van der Waals surface area contributed by atoms with E-state index in [0.29, 0.717) is 26.1 Å². The second-order valence-electron chi connectivity index (χ2n) is 8.90. The van der Waals surface area contributed by atoms with Crippen LogP contribution in [0.4, 0.5) is 5.69 Å². The van der Waals surface area contributed by atoms with Crippen LogP contribution in [0.3, 0.4) is 0 Å². The Hall–Kier alpha value is -2.35. The molecule has 2 aliphatic heterocycles. The van der Waals surface area contributed by atoms with Gasteiger partial charge in [0.15, 0.2) is 0 Å². The Bertz CT molecular complexity index is 953. The molecule has 2 saturated heterocycles. The third kappa shape index (κ3) is 7.06. The summed E-state index contributed by atoms with van der Waals surface area (Å²) in [7, 11) is 0. The van der Waals surface area contributed by atoms with Crippen molar-refractivity contribution >= 4 is 29.3 Å². The van der Waals surface area contributed by atoms with Crippen LogP contribution in [-0.2, 0) is 22.6 Å². The molecule has 2 amide bonds. The summed E-state index contributed by atoms with van der Waals surface area (Å²) in [6.45, 7) is 8.36. The maximum atomic E-state index is 12.7. The first-order valence-corrected chi connectivity index (χ1v) is 13.0. The Balaban J connectivity index is 1.21. The zero-order valence-electron chi connectivity index (χ0n) is 19.5. The van der Waals surface area contributed by atoms with Crippen LogP contribution in [0.15, 0.2) is 48.5 Å². The molecular formula is C26H34N4O2S. The Morgan fingerprint density at radius 1 is 0.909 bits per heavy atom. The normalized spacial score (nSPS) is 17.7. The molecule has 7 heteroatoms. The van der Waals surface area contributed by atoms with E-state index < -0.39 is 0 Å². The van der Waals surface area contributed by atoms with E-state index in [0.717, 1.165) is 49.5 Å². The number of anilines is 1. The van der Waals surface area contributed by atoms with Crippen molar-refractivity contribution in [1.29, 1.82) is 0 Å². The lowest BCUT2D eigenvalue weighted by Crippen LogP contribution is -2.50. The summed E-state index contributed by atoms with van der Waals surface area (Å²) in [5.74, 6) is 2.56. The highest BCUT2D eigenvalue weighted by molar-refractivity contribution is 7.99. The standard InChI is InChI=1S/C26H34N4O2S/c1-21-5-2-3-7-23(21)18-26(32)30-11-9-28(10-12-30)20-25(31)27-24-8-4-6-22(17-24)19-29-13-15-33-16-14-29/h2-8,17H,9-16,18-20H2,1H3,(H,27,31). The monoisotopic (exact) mass is 466 g/mol. The second-order valence-corrected chi connectivity index (χ2v) is 10.1. The summed E-state index contributed by atoms with van der Waals surface area (Å²) < 4.78 is 0. The molecule has 0 bridgehead atoms. The highest BCUT2D eigenvalue weighted by Crippen LogP contribution is 2.16. The summed E-state index contributed by atoms with van der Waals surface area (Å²) in [6, 6.07) is 16.2. The van der Waals surface area contributed by atoms with E-state index in [-0.39, 0.29) is 11.8 Å². The quantitative estimate of drug-likeness (QED) is 0.680. The van der Waals surface area contributed by atoms with Crippen LogP contribution < -0.4 is 5.32 Å². The molecule has 0 unspecified atom stereocenters. The molecule has 2 aromatic carbocycles. The van der Waals surface area contributed by atoms with Gasteiger partial charge in [-0.1, -0.05) is 36.4 Å². The summed E-state index contributed by atoms with van der Waals surface area (Å²) in [4.78, 5) is 31.8. The maximum Gasteiger partial charge on any atom is 0.238 e. The molecule has 176 valence electrons. The molecule has 6 nitrogen and oxygen atoms in total. The molecule has 0 spiro atoms. The van der Waals surface area contributed by atoms with Gasteiger partial charge in [0.25, 0.3) is 0 Å². The maximum absolute atomic E-state index is 12.7. The fraction of sp³-hybridized carbons (Fsp3) is 0.462. The Morgan fingerprint density at radius 2 is 1.67 bits per heavy atom. The number of carbonyl (C=O) groups is 2. The lowest BCUT2D eigenvalue weighted by molar-refractivity contribution is -0.132. The number of benzene rings is 2. The van der Waals surface area contributed by atoms with E-state index in [1.807, 2.05) is 60.0 Å². The van der Waals surface area contributed by atoms with Crippen LogP contribution >= 0.6 is 11.8 Å². The SMILES string of the molecule is Cc1ccccc1CC(=O)N1CCN(CC(=O)Nc2cccc(CN3CCSCC3)c2)CC1. The summed E-state index contributed by atoms with van der Waals surface area (Å²) in [5.41, 5.74) is 4.34. The van der Waals surface area contributed by atoms with Gasteiger partial charge in [0, 0.05) is 63.0 Å². The molecule has 0 aromatic heterocycles. The van der Waals surface area contributed by atoms with E-state index in [1.165, 1.54) is 17.1 Å². The van der Waals surface area contributed by atoms with Gasteiger partial charge in [-0.05, 0) is 35.7 Å². The number of piperazine rings is 1. The summed E-state index contributed by atoms with van der Waals surface area (Å²) >= 11 is 2.01. The van der Waals surface area contributed by atoms with E-state index in [2.05, 4.69) is 27.2 Å². The zero-order chi connectivity index (χ0) is 23.0. The van der Waals surface area contributed by atoms with Gasteiger partial charge < -0.3 is 10.2 Å². The average Bonchev–Trinajstić information content (AvgIpc) is 2.82. The number of nitrogens with zero attached hydrogens (tertiary/aromatic N) is 3. The summed E-state index contributed by atoms with van der Waals surface area (Å²) in [5, 5.41) is 3.06. The molecule has 1 N–H and O–H groups in total. The molecule has 33 heavy (non-hydrogen) atoms. The summed E-state index contributed by atoms with van der Waals surface area (Å²) in [6.07, 6.45) is 0.444. The minimum Gasteiger partial charge on any atom is -0.340 e. The van der Waals surface area contributed by atoms with Crippen LogP contribution in [0.5, 0.6) is 0 Å². The largest absolute Gasteiger partial charge is 0.340 e. The molecule has 0 atom stereocenters. The first-order chi connectivity index (χ1) is 16.1. The predicted molar refractivity (Wildman–Crippen MR) is 136 cm³/mol. The molecule has 2 fully saturated rings. The smallest absolute Gasteiger partial charge is 0.238 e. The number of rotatable bonds is 7. The number of amides is 2. The van der Waals surface area contributed by atoms with Crippen LogP contribution in [0.1, 0.15) is 16.7 Å². The van der Waals surface area contributed by atoms with Crippen molar-refractivity contribution in [2.45, 2.75) is 19.9 Å². The molecule has 2 aliphatic rings. The second kappa shape index (κ2) is 11.7. The lowest BCUT2D eigenvalue weighted by atomic mass is 10.1. The third-order valence-corrected chi connectivity index (χ3v) is 7.36. The van der Waals surface area contributed by atoms with Crippen molar-refractivity contribution in [3.8, 4) is 0 Å². The predicted octanol–water partition coefficient (Wildman–Crippen LogP) is 2.87. The minimum absolute atomic E-state index is 0.00112. The van der Waals surface area contributed by atoms with Crippen molar-refractivity contribution in [2.75, 3.05) is 62.6 Å². The highest BCUT2D eigenvalue weighted by Gasteiger charge is 2.23. The fourth-order valence-electron chi connectivity index (χ4n) is 4.41. The molecular weight excluding hydrogens is 432 g/mol. The van der Waals surface area contributed by atoms with Crippen LogP contribution in [0.2, 0.25) is 0 Å². The highest BCUT2D eigenvalue weighted by atomic mass is 32.2. The van der Waals surface area contributed by atoms with E-state index in [9.17, 15) is 9.59 Å². The molecule has 0 saturated carbocycles. The van der Waals surface area contributed by atoms with Crippen molar-refractivity contribution in [3.05, 3.63) is 65.2 Å². The van der Waals surface area contributed by atoms with Crippen molar-refractivity contribution in [2.24, 2.45) is 0 Å². The van der Waals surface area contributed by atoms with Crippen LogP contribution in [0, 0.1) is 6.92 Å². The van der Waals surface area contributed by atoms with E-state index >= 15 is 0 Å². The van der Waals surface area contributed by atoms with Gasteiger partial charge in [0.05, 0.1) is 13.0 Å². The molecule has 2 heterocycles. The van der Waals surface area contributed by atoms with Gasteiger partial charge in [-0.15, -0.1) is 0 Å². The van der Waals surface area contributed by atoms with Gasteiger partial charge in [-0.25, -0.2) is 0 Å². The Kier molecular flexibility index (Phi) is 8.42. The Labute approximate surface area is 201 Å². The Morgan fingerprint density at radius 3 is 2.42 bits per heavy atom. The molecule has 0 aliphatic carbocycles. The van der Waals surface area contributed by atoms with Crippen molar-refractivity contribution in [3.63, 3.8) is 0 Å². The van der Waals surface area contributed by atoms with Crippen molar-refractivity contribution < 1.29 is 9.59 Å². The van der Waals surface area contributed by atoms with Crippen LogP contribution in [-0.4, -0.2) is 83.8 Å².